The predicted octanol–water partition coefficient (Wildman–Crippen LogP) is 5.45. The molecule has 0 spiro atoms. The van der Waals surface area contributed by atoms with Crippen LogP contribution in [-0.4, -0.2) is 21.5 Å². The van der Waals surface area contributed by atoms with Gasteiger partial charge in [-0.25, -0.2) is 4.98 Å². The highest BCUT2D eigenvalue weighted by Crippen LogP contribution is 2.32. The van der Waals surface area contributed by atoms with Gasteiger partial charge in [0.05, 0.1) is 22.9 Å². The Morgan fingerprint density at radius 3 is 2.37 bits per heavy atom. The van der Waals surface area contributed by atoms with Crippen LogP contribution in [-0.2, 0) is 6.18 Å². The van der Waals surface area contributed by atoms with E-state index in [2.05, 4.69) is 9.97 Å². The summed E-state index contributed by atoms with van der Waals surface area (Å²) < 4.78 is 38.9. The Kier molecular flexibility index (Phi) is 6.50. The number of Topliss-reactive ketones (excluding diaryl/α,β-unsaturated/α-hetero) is 2. The molecule has 0 saturated carbocycles. The van der Waals surface area contributed by atoms with Crippen molar-refractivity contribution in [3.05, 3.63) is 65.5 Å². The number of imidazole rings is 1. The maximum absolute atomic E-state index is 13.0. The van der Waals surface area contributed by atoms with Crippen LogP contribution in [0.5, 0.6) is 0 Å². The molecule has 0 unspecified atom stereocenters. The van der Waals surface area contributed by atoms with Crippen LogP contribution >= 0.6 is 0 Å². The van der Waals surface area contributed by atoms with Gasteiger partial charge in [0.15, 0.2) is 11.6 Å². The Labute approximate surface area is 154 Å². The van der Waals surface area contributed by atoms with Crippen molar-refractivity contribution in [2.24, 2.45) is 0 Å². The lowest BCUT2D eigenvalue weighted by atomic mass is 9.97. The van der Waals surface area contributed by atoms with Crippen LogP contribution in [0.3, 0.4) is 0 Å². The number of alkyl halides is 3. The number of carbonyl (C=O) groups is 2. The summed E-state index contributed by atoms with van der Waals surface area (Å²) in [7, 11) is 0. The maximum Gasteiger partial charge on any atom is 0.417 e. The summed E-state index contributed by atoms with van der Waals surface area (Å²) in [6, 6.07) is 9.45. The van der Waals surface area contributed by atoms with Crippen LogP contribution in [0.1, 0.15) is 53.0 Å². The molecule has 3 aromatic rings. The SMILES string of the molecule is CC.O=C(CCC(=O)c1ccccc1C(F)(F)F)c1ccc2nc[nH]c2c1. The van der Waals surface area contributed by atoms with Gasteiger partial charge >= 0.3 is 6.18 Å². The number of ketones is 2. The molecule has 0 saturated heterocycles. The molecule has 4 nitrogen and oxygen atoms in total. The Hall–Kier alpha value is -2.96. The van der Waals surface area contributed by atoms with Gasteiger partial charge in [-0.15, -0.1) is 0 Å². The molecule has 27 heavy (non-hydrogen) atoms. The van der Waals surface area contributed by atoms with Crippen LogP contribution in [0.2, 0.25) is 0 Å². The summed E-state index contributed by atoms with van der Waals surface area (Å²) in [5.41, 5.74) is 0.373. The molecule has 1 N–H and O–H groups in total. The minimum absolute atomic E-state index is 0.162. The zero-order valence-electron chi connectivity index (χ0n) is 14.9. The molecule has 0 aliphatic carbocycles. The number of nitrogens with one attached hydrogen (secondary N) is 1. The second-order valence-corrected chi connectivity index (χ2v) is 5.52. The molecule has 1 aromatic heterocycles. The molecule has 1 heterocycles. The number of hydrogen-bond donors (Lipinski definition) is 1. The first-order valence-electron chi connectivity index (χ1n) is 8.52. The Morgan fingerprint density at radius 2 is 1.67 bits per heavy atom. The van der Waals surface area contributed by atoms with E-state index < -0.39 is 23.1 Å². The third-order valence-corrected chi connectivity index (χ3v) is 3.85. The largest absolute Gasteiger partial charge is 0.417 e. The molecular formula is C20H19F3N2O2. The fourth-order valence-corrected chi connectivity index (χ4v) is 2.59. The van der Waals surface area contributed by atoms with Crippen molar-refractivity contribution in [1.82, 2.24) is 9.97 Å². The number of carbonyl (C=O) groups excluding carboxylic acids is 2. The quantitative estimate of drug-likeness (QED) is 0.602. The van der Waals surface area contributed by atoms with Crippen molar-refractivity contribution in [2.75, 3.05) is 0 Å². The van der Waals surface area contributed by atoms with Gasteiger partial charge < -0.3 is 4.98 Å². The van der Waals surface area contributed by atoms with E-state index in [0.29, 0.717) is 16.6 Å². The van der Waals surface area contributed by atoms with Crippen LogP contribution in [0.4, 0.5) is 13.2 Å². The van der Waals surface area contributed by atoms with E-state index in [1.807, 2.05) is 13.8 Å². The summed E-state index contributed by atoms with van der Waals surface area (Å²) >= 11 is 0. The number of aromatic amines is 1. The first kappa shape index (κ1) is 20.4. The molecular weight excluding hydrogens is 357 g/mol. The lowest BCUT2D eigenvalue weighted by Crippen LogP contribution is -2.14. The minimum Gasteiger partial charge on any atom is -0.345 e. The van der Waals surface area contributed by atoms with Crippen molar-refractivity contribution in [3.63, 3.8) is 0 Å². The lowest BCUT2D eigenvalue weighted by Gasteiger charge is -2.11. The standard InChI is InChI=1S/C18H13F3N2O2.C2H6/c19-18(20,21)13-4-2-1-3-12(13)17(25)8-7-16(24)11-5-6-14-15(9-11)23-10-22-14;1-2/h1-6,9-10H,7-8H2,(H,22,23);1-2H3. The Balaban J connectivity index is 0.00000126. The third-order valence-electron chi connectivity index (χ3n) is 3.85. The monoisotopic (exact) mass is 376 g/mol. The molecule has 0 radical (unpaired) electrons. The second-order valence-electron chi connectivity index (χ2n) is 5.52. The van der Waals surface area contributed by atoms with E-state index in [1.54, 1.807) is 18.2 Å². The minimum atomic E-state index is -4.61. The first-order valence-corrected chi connectivity index (χ1v) is 8.52. The van der Waals surface area contributed by atoms with Crippen molar-refractivity contribution in [2.45, 2.75) is 32.9 Å². The number of halogens is 3. The highest BCUT2D eigenvalue weighted by molar-refractivity contribution is 6.03. The Morgan fingerprint density at radius 1 is 1.00 bits per heavy atom. The van der Waals surface area contributed by atoms with Crippen LogP contribution < -0.4 is 0 Å². The van der Waals surface area contributed by atoms with Crippen LogP contribution in [0.25, 0.3) is 11.0 Å². The van der Waals surface area contributed by atoms with Gasteiger partial charge in [0.25, 0.3) is 0 Å². The molecule has 3 rings (SSSR count). The fourth-order valence-electron chi connectivity index (χ4n) is 2.59. The zero-order chi connectivity index (χ0) is 20.0. The summed E-state index contributed by atoms with van der Waals surface area (Å²) in [5.74, 6) is -1.02. The topological polar surface area (TPSA) is 62.8 Å². The summed E-state index contributed by atoms with van der Waals surface area (Å²) in [6.07, 6.45) is -3.56. The van der Waals surface area contributed by atoms with Crippen molar-refractivity contribution in [1.29, 1.82) is 0 Å². The average Bonchev–Trinajstić information content (AvgIpc) is 3.14. The highest BCUT2D eigenvalue weighted by Gasteiger charge is 2.34. The molecule has 0 bridgehead atoms. The lowest BCUT2D eigenvalue weighted by molar-refractivity contribution is -0.137. The summed E-state index contributed by atoms with van der Waals surface area (Å²) in [6.45, 7) is 4.00. The zero-order valence-corrected chi connectivity index (χ0v) is 14.9. The van der Waals surface area contributed by atoms with Gasteiger partial charge in [0.2, 0.25) is 0 Å². The molecule has 142 valence electrons. The van der Waals surface area contributed by atoms with E-state index in [-0.39, 0.29) is 18.6 Å². The van der Waals surface area contributed by atoms with E-state index in [9.17, 15) is 22.8 Å². The molecule has 0 aliphatic rings. The molecule has 0 amide bonds. The molecule has 0 fully saturated rings. The smallest absolute Gasteiger partial charge is 0.345 e. The van der Waals surface area contributed by atoms with E-state index in [0.717, 1.165) is 12.1 Å². The number of fused-ring (bicyclic) bond motifs is 1. The normalized spacial score (nSPS) is 11.0. The van der Waals surface area contributed by atoms with Crippen LogP contribution in [0, 0.1) is 0 Å². The van der Waals surface area contributed by atoms with Gasteiger partial charge in [-0.2, -0.15) is 13.2 Å². The molecule has 0 atom stereocenters. The summed E-state index contributed by atoms with van der Waals surface area (Å²) in [4.78, 5) is 31.3. The number of benzene rings is 2. The van der Waals surface area contributed by atoms with Crippen LogP contribution in [0.15, 0.2) is 48.8 Å². The highest BCUT2D eigenvalue weighted by atomic mass is 19.4. The molecule has 2 aromatic carbocycles. The van der Waals surface area contributed by atoms with Gasteiger partial charge in [-0.05, 0) is 24.3 Å². The van der Waals surface area contributed by atoms with Gasteiger partial charge in [0, 0.05) is 24.0 Å². The number of nitrogens with zero attached hydrogens (tertiary/aromatic N) is 1. The average molecular weight is 376 g/mol. The fraction of sp³-hybridized carbons (Fsp3) is 0.250. The number of H-pyrrole nitrogens is 1. The van der Waals surface area contributed by atoms with Crippen molar-refractivity contribution >= 4 is 22.6 Å². The third kappa shape index (κ3) is 4.81. The van der Waals surface area contributed by atoms with E-state index in [4.69, 9.17) is 0 Å². The van der Waals surface area contributed by atoms with Gasteiger partial charge in [0.1, 0.15) is 0 Å². The van der Waals surface area contributed by atoms with Crippen molar-refractivity contribution < 1.29 is 22.8 Å². The van der Waals surface area contributed by atoms with Gasteiger partial charge in [-0.1, -0.05) is 32.0 Å². The molecule has 7 heteroatoms. The predicted molar refractivity (Wildman–Crippen MR) is 96.8 cm³/mol. The number of rotatable bonds is 5. The first-order chi connectivity index (χ1) is 12.9. The van der Waals surface area contributed by atoms with Gasteiger partial charge in [-0.3, -0.25) is 9.59 Å². The Bertz CT molecular complexity index is 946. The number of hydrogen-bond acceptors (Lipinski definition) is 3. The second kappa shape index (κ2) is 8.62. The molecule has 0 aliphatic heterocycles. The van der Waals surface area contributed by atoms with E-state index in [1.165, 1.54) is 18.5 Å². The summed E-state index contributed by atoms with van der Waals surface area (Å²) in [5, 5.41) is 0. The maximum atomic E-state index is 13.0. The number of aromatic nitrogens is 2. The van der Waals surface area contributed by atoms with E-state index >= 15 is 0 Å². The van der Waals surface area contributed by atoms with Crippen molar-refractivity contribution in [3.8, 4) is 0 Å².